The Balaban J connectivity index is 1.43. The van der Waals surface area contributed by atoms with Gasteiger partial charge in [0.25, 0.3) is 5.91 Å². The van der Waals surface area contributed by atoms with E-state index < -0.39 is 10.0 Å². The lowest BCUT2D eigenvalue weighted by molar-refractivity contribution is -0.0361. The number of ether oxygens (including phenoxy) is 1. The molecule has 0 aromatic heterocycles. The Bertz CT molecular complexity index is 855. The number of benzene rings is 1. The van der Waals surface area contributed by atoms with Gasteiger partial charge in [-0.3, -0.25) is 9.69 Å². The van der Waals surface area contributed by atoms with Crippen molar-refractivity contribution in [1.82, 2.24) is 14.9 Å². The van der Waals surface area contributed by atoms with Crippen molar-refractivity contribution >= 4 is 15.9 Å². The summed E-state index contributed by atoms with van der Waals surface area (Å²) in [6.07, 6.45) is 9.61. The lowest BCUT2D eigenvalue weighted by Gasteiger charge is -2.48. The second-order valence-corrected chi connectivity index (χ2v) is 10.9. The van der Waals surface area contributed by atoms with E-state index in [9.17, 15) is 13.2 Å². The van der Waals surface area contributed by atoms with Crippen molar-refractivity contribution in [3.05, 3.63) is 29.8 Å². The van der Waals surface area contributed by atoms with Crippen LogP contribution in [0.15, 0.2) is 29.2 Å². The fourth-order valence-corrected chi connectivity index (χ4v) is 6.69. The molecule has 1 amide bonds. The van der Waals surface area contributed by atoms with Gasteiger partial charge >= 0.3 is 0 Å². The summed E-state index contributed by atoms with van der Waals surface area (Å²) in [5.41, 5.74) is 0.369. The summed E-state index contributed by atoms with van der Waals surface area (Å²) < 4.78 is 33.9. The first-order chi connectivity index (χ1) is 15.0. The van der Waals surface area contributed by atoms with E-state index in [4.69, 9.17) is 4.74 Å². The lowest BCUT2D eigenvalue weighted by Crippen LogP contribution is -2.59. The first-order valence-electron chi connectivity index (χ1n) is 11.7. The molecule has 1 aromatic rings. The van der Waals surface area contributed by atoms with Crippen molar-refractivity contribution in [3.63, 3.8) is 0 Å². The van der Waals surface area contributed by atoms with Gasteiger partial charge in [-0.05, 0) is 43.9 Å². The van der Waals surface area contributed by atoms with Crippen molar-refractivity contribution in [2.75, 3.05) is 32.8 Å². The number of nitrogens with one attached hydrogen (secondary N) is 2. The zero-order chi connectivity index (χ0) is 21.7. The van der Waals surface area contributed by atoms with E-state index in [-0.39, 0.29) is 22.4 Å². The first-order valence-corrected chi connectivity index (χ1v) is 13.2. The summed E-state index contributed by atoms with van der Waals surface area (Å²) in [6.45, 7) is 3.86. The lowest BCUT2D eigenvalue weighted by atomic mass is 9.79. The summed E-state index contributed by atoms with van der Waals surface area (Å²) in [5, 5.41) is 3.12. The van der Waals surface area contributed by atoms with Crippen LogP contribution in [0.3, 0.4) is 0 Å². The average molecular weight is 450 g/mol. The van der Waals surface area contributed by atoms with Gasteiger partial charge in [0, 0.05) is 36.8 Å². The van der Waals surface area contributed by atoms with E-state index in [0.717, 1.165) is 64.8 Å². The maximum Gasteiger partial charge on any atom is 0.251 e. The minimum atomic E-state index is -3.62. The van der Waals surface area contributed by atoms with Crippen LogP contribution in [-0.4, -0.2) is 63.7 Å². The van der Waals surface area contributed by atoms with Crippen LogP contribution < -0.4 is 10.0 Å². The zero-order valence-electron chi connectivity index (χ0n) is 18.3. The molecule has 3 aliphatic rings. The molecule has 1 aliphatic heterocycles. The molecular weight excluding hydrogens is 414 g/mol. The van der Waals surface area contributed by atoms with Crippen LogP contribution in [-0.2, 0) is 14.8 Å². The molecule has 0 unspecified atom stereocenters. The number of nitrogens with zero attached hydrogens (tertiary/aromatic N) is 1. The van der Waals surface area contributed by atoms with Gasteiger partial charge in [-0.2, -0.15) is 0 Å². The third-order valence-corrected chi connectivity index (χ3v) is 8.65. The number of amides is 1. The van der Waals surface area contributed by atoms with E-state index in [1.54, 1.807) is 18.2 Å². The normalized spacial score (nSPS) is 23.0. The third kappa shape index (κ3) is 5.48. The van der Waals surface area contributed by atoms with Gasteiger partial charge in [-0.25, -0.2) is 13.1 Å². The molecule has 0 bridgehead atoms. The van der Waals surface area contributed by atoms with Crippen molar-refractivity contribution in [1.29, 1.82) is 0 Å². The third-order valence-electron chi connectivity index (χ3n) is 7.13. The molecule has 0 radical (unpaired) electrons. The highest BCUT2D eigenvalue weighted by atomic mass is 32.2. The summed E-state index contributed by atoms with van der Waals surface area (Å²) in [4.78, 5) is 15.6. The van der Waals surface area contributed by atoms with Crippen LogP contribution in [0.4, 0.5) is 0 Å². The van der Waals surface area contributed by atoms with Gasteiger partial charge in [0.2, 0.25) is 10.0 Å². The number of hydrogen-bond donors (Lipinski definition) is 2. The minimum Gasteiger partial charge on any atom is -0.379 e. The Kier molecular flexibility index (Phi) is 7.31. The molecular formula is C23H35N3O4S. The van der Waals surface area contributed by atoms with Gasteiger partial charge in [0.15, 0.2) is 0 Å². The molecule has 8 heteroatoms. The van der Waals surface area contributed by atoms with E-state index in [0.29, 0.717) is 12.1 Å². The second kappa shape index (κ2) is 9.98. The van der Waals surface area contributed by atoms with E-state index >= 15 is 0 Å². The SMILES string of the molecule is O=C(NCC1(N2CCOCC2)CCCCC1)c1cccc(S(=O)(=O)NC2CCCC2)c1. The number of rotatable bonds is 7. The zero-order valence-corrected chi connectivity index (χ0v) is 19.1. The van der Waals surface area contributed by atoms with Crippen LogP contribution >= 0.6 is 0 Å². The summed E-state index contributed by atoms with van der Waals surface area (Å²) >= 11 is 0. The number of sulfonamides is 1. The fraction of sp³-hybridized carbons (Fsp3) is 0.696. The standard InChI is InChI=1S/C23H35N3O4S/c27-22(24-18-23(11-4-1-5-12-23)26-13-15-30-16-14-26)19-7-6-10-21(17-19)31(28,29)25-20-8-2-3-9-20/h6-7,10,17,20,25H,1-5,8-9,11-16,18H2,(H,24,27). The van der Waals surface area contributed by atoms with Gasteiger partial charge in [-0.15, -0.1) is 0 Å². The number of morpholine rings is 1. The fourth-order valence-electron chi connectivity index (χ4n) is 5.33. The first kappa shape index (κ1) is 22.7. The van der Waals surface area contributed by atoms with Crippen molar-refractivity contribution in [2.24, 2.45) is 0 Å². The molecule has 172 valence electrons. The highest BCUT2D eigenvalue weighted by Crippen LogP contribution is 2.34. The largest absolute Gasteiger partial charge is 0.379 e. The van der Waals surface area contributed by atoms with Gasteiger partial charge in [-0.1, -0.05) is 38.2 Å². The van der Waals surface area contributed by atoms with E-state index in [2.05, 4.69) is 14.9 Å². The molecule has 3 fully saturated rings. The quantitative estimate of drug-likeness (QED) is 0.668. The average Bonchev–Trinajstić information content (AvgIpc) is 3.31. The Morgan fingerprint density at radius 3 is 2.48 bits per heavy atom. The van der Waals surface area contributed by atoms with Crippen LogP contribution in [0.2, 0.25) is 0 Å². The second-order valence-electron chi connectivity index (χ2n) is 9.20. The molecule has 2 N–H and O–H groups in total. The highest BCUT2D eigenvalue weighted by Gasteiger charge is 2.39. The van der Waals surface area contributed by atoms with Crippen LogP contribution in [0, 0.1) is 0 Å². The van der Waals surface area contributed by atoms with Crippen LogP contribution in [0.25, 0.3) is 0 Å². The molecule has 4 rings (SSSR count). The van der Waals surface area contributed by atoms with Crippen molar-refractivity contribution in [3.8, 4) is 0 Å². The molecule has 0 spiro atoms. The maximum absolute atomic E-state index is 13.0. The molecule has 2 aliphatic carbocycles. The smallest absolute Gasteiger partial charge is 0.251 e. The van der Waals surface area contributed by atoms with Crippen molar-refractivity contribution < 1.29 is 17.9 Å². The monoisotopic (exact) mass is 449 g/mol. The van der Waals surface area contributed by atoms with E-state index in [1.807, 2.05) is 0 Å². The Labute approximate surface area is 186 Å². The molecule has 1 heterocycles. The molecule has 0 atom stereocenters. The Morgan fingerprint density at radius 2 is 1.77 bits per heavy atom. The number of hydrogen-bond acceptors (Lipinski definition) is 5. The van der Waals surface area contributed by atoms with Crippen LogP contribution in [0.5, 0.6) is 0 Å². The molecule has 1 saturated heterocycles. The van der Waals surface area contributed by atoms with Crippen molar-refractivity contribution in [2.45, 2.75) is 74.3 Å². The predicted molar refractivity (Wildman–Crippen MR) is 120 cm³/mol. The minimum absolute atomic E-state index is 0.00200. The summed E-state index contributed by atoms with van der Waals surface area (Å²) in [5.74, 6) is -0.212. The van der Waals surface area contributed by atoms with Gasteiger partial charge < -0.3 is 10.1 Å². The predicted octanol–water partition coefficient (Wildman–Crippen LogP) is 2.67. The van der Waals surface area contributed by atoms with E-state index in [1.165, 1.54) is 25.3 Å². The number of carbonyl (C=O) groups excluding carboxylic acids is 1. The Hall–Kier alpha value is -1.48. The Morgan fingerprint density at radius 1 is 1.06 bits per heavy atom. The highest BCUT2D eigenvalue weighted by molar-refractivity contribution is 7.89. The topological polar surface area (TPSA) is 87.7 Å². The molecule has 31 heavy (non-hydrogen) atoms. The van der Waals surface area contributed by atoms with Crippen LogP contribution in [0.1, 0.15) is 68.1 Å². The maximum atomic E-state index is 13.0. The van der Waals surface area contributed by atoms with Gasteiger partial charge in [0.1, 0.15) is 0 Å². The molecule has 1 aromatic carbocycles. The molecule has 2 saturated carbocycles. The number of carbonyl (C=O) groups is 1. The van der Waals surface area contributed by atoms with Gasteiger partial charge in [0.05, 0.1) is 18.1 Å². The summed E-state index contributed by atoms with van der Waals surface area (Å²) in [6, 6.07) is 6.39. The molecule has 7 nitrogen and oxygen atoms in total. The summed E-state index contributed by atoms with van der Waals surface area (Å²) in [7, 11) is -3.62.